The summed E-state index contributed by atoms with van der Waals surface area (Å²) in [4.78, 5) is 41.4. The molecule has 0 fully saturated rings. The second-order valence-corrected chi connectivity index (χ2v) is 9.84. The van der Waals surface area contributed by atoms with Gasteiger partial charge in [0.2, 0.25) is 5.91 Å². The second-order valence-electron chi connectivity index (χ2n) is 9.84. The average molecular weight is 522 g/mol. The molecule has 2 aromatic carbocycles. The van der Waals surface area contributed by atoms with Crippen LogP contribution in [0.3, 0.4) is 0 Å². The van der Waals surface area contributed by atoms with Crippen LogP contribution in [-0.2, 0) is 17.8 Å². The first-order valence-electron chi connectivity index (χ1n) is 11.9. The predicted molar refractivity (Wildman–Crippen MR) is 135 cm³/mol. The van der Waals surface area contributed by atoms with Gasteiger partial charge >= 0.3 is 11.8 Å². The number of amides is 3. The van der Waals surface area contributed by atoms with E-state index in [2.05, 4.69) is 25.9 Å². The molecule has 2 aromatic heterocycles. The number of halogens is 1. The van der Waals surface area contributed by atoms with Crippen LogP contribution in [0, 0.1) is 11.2 Å². The largest absolute Gasteiger partial charge is 0.361 e. The number of nitrogens with two attached hydrogens (primary N) is 1. The number of nitrogens with one attached hydrogen (secondary N) is 2. The lowest BCUT2D eigenvalue weighted by atomic mass is 9.86. The van der Waals surface area contributed by atoms with Gasteiger partial charge in [-0.05, 0) is 29.2 Å². The summed E-state index contributed by atoms with van der Waals surface area (Å²) in [5, 5.41) is 14.4. The SMILES string of the molecule is CC(C)(C)C(NC(=O)c1nn(Cc2ccc(F)cc2)c2ccccc12)C(=O)NCCc1noc(C(N)=O)n1. The van der Waals surface area contributed by atoms with E-state index in [1.165, 1.54) is 12.1 Å². The summed E-state index contributed by atoms with van der Waals surface area (Å²) < 4.78 is 19.7. The van der Waals surface area contributed by atoms with Crippen molar-refractivity contribution in [1.29, 1.82) is 0 Å². The van der Waals surface area contributed by atoms with E-state index < -0.39 is 29.2 Å². The quantitative estimate of drug-likeness (QED) is 0.305. The van der Waals surface area contributed by atoms with Gasteiger partial charge in [0.1, 0.15) is 11.9 Å². The van der Waals surface area contributed by atoms with Crippen LogP contribution in [0.25, 0.3) is 10.9 Å². The first-order chi connectivity index (χ1) is 18.0. The maximum Gasteiger partial charge on any atom is 0.315 e. The summed E-state index contributed by atoms with van der Waals surface area (Å²) in [6, 6.07) is 12.5. The molecule has 0 spiro atoms. The molecule has 2 heterocycles. The van der Waals surface area contributed by atoms with Gasteiger partial charge in [-0.1, -0.05) is 56.3 Å². The summed E-state index contributed by atoms with van der Waals surface area (Å²) in [6.45, 7) is 5.99. The van der Waals surface area contributed by atoms with Gasteiger partial charge < -0.3 is 20.9 Å². The highest BCUT2D eigenvalue weighted by atomic mass is 19.1. The van der Waals surface area contributed by atoms with Gasteiger partial charge in [-0.15, -0.1) is 0 Å². The number of carbonyl (C=O) groups excluding carboxylic acids is 3. The Labute approximate surface area is 217 Å². The van der Waals surface area contributed by atoms with Crippen molar-refractivity contribution in [2.24, 2.45) is 11.1 Å². The van der Waals surface area contributed by atoms with Crippen LogP contribution in [0.2, 0.25) is 0 Å². The van der Waals surface area contributed by atoms with Crippen molar-refractivity contribution in [1.82, 2.24) is 30.6 Å². The van der Waals surface area contributed by atoms with Crippen LogP contribution in [0.5, 0.6) is 0 Å². The number of rotatable bonds is 9. The molecule has 1 unspecified atom stereocenters. The molecule has 0 radical (unpaired) electrons. The molecule has 0 aliphatic carbocycles. The van der Waals surface area contributed by atoms with Gasteiger partial charge in [-0.2, -0.15) is 10.1 Å². The highest BCUT2D eigenvalue weighted by Gasteiger charge is 2.34. The number of nitrogens with zero attached hydrogens (tertiary/aromatic N) is 4. The zero-order chi connectivity index (χ0) is 27.4. The topological polar surface area (TPSA) is 158 Å². The molecule has 11 nitrogen and oxygen atoms in total. The smallest absolute Gasteiger partial charge is 0.315 e. The monoisotopic (exact) mass is 521 g/mol. The molecule has 198 valence electrons. The van der Waals surface area contributed by atoms with Crippen molar-refractivity contribution < 1.29 is 23.3 Å². The third-order valence-corrected chi connectivity index (χ3v) is 5.85. The molecule has 38 heavy (non-hydrogen) atoms. The van der Waals surface area contributed by atoms with E-state index in [1.807, 2.05) is 32.9 Å². The van der Waals surface area contributed by atoms with Crippen molar-refractivity contribution in [3.05, 3.63) is 77.3 Å². The van der Waals surface area contributed by atoms with E-state index >= 15 is 0 Å². The minimum atomic E-state index is -0.887. The zero-order valence-corrected chi connectivity index (χ0v) is 21.2. The maximum atomic E-state index is 13.4. The van der Waals surface area contributed by atoms with E-state index in [0.717, 1.165) is 11.1 Å². The molecule has 0 saturated carbocycles. The number of primary amides is 1. The fraction of sp³-hybridized carbons (Fsp3) is 0.308. The molecule has 4 rings (SSSR count). The van der Waals surface area contributed by atoms with Gasteiger partial charge in [0.15, 0.2) is 11.5 Å². The molecule has 0 saturated heterocycles. The van der Waals surface area contributed by atoms with Gasteiger partial charge in [0, 0.05) is 18.4 Å². The van der Waals surface area contributed by atoms with Gasteiger partial charge in [-0.25, -0.2) is 4.39 Å². The van der Waals surface area contributed by atoms with Crippen molar-refractivity contribution in [3.63, 3.8) is 0 Å². The Balaban J connectivity index is 1.49. The second kappa shape index (κ2) is 10.8. The van der Waals surface area contributed by atoms with Gasteiger partial charge in [0.05, 0.1) is 12.1 Å². The first-order valence-corrected chi connectivity index (χ1v) is 11.9. The van der Waals surface area contributed by atoms with Gasteiger partial charge in [-0.3, -0.25) is 19.1 Å². The lowest BCUT2D eigenvalue weighted by Crippen LogP contribution is -2.54. The number of hydrogen-bond acceptors (Lipinski definition) is 7. The number of benzene rings is 2. The number of fused-ring (bicyclic) bond motifs is 1. The maximum absolute atomic E-state index is 13.4. The highest BCUT2D eigenvalue weighted by molar-refractivity contribution is 6.06. The number of carbonyl (C=O) groups is 3. The Morgan fingerprint density at radius 1 is 1.11 bits per heavy atom. The standard InChI is InChI=1S/C26H28FN7O4/c1-26(2,3)21(24(37)29-13-12-19-30-25(22(28)35)38-33-19)31-23(36)20-17-6-4-5-7-18(17)34(32-20)14-15-8-10-16(27)11-9-15/h4-11,21H,12-14H2,1-3H3,(H2,28,35)(H,29,37)(H,31,36). The van der Waals surface area contributed by atoms with Crippen LogP contribution < -0.4 is 16.4 Å². The summed E-state index contributed by atoms with van der Waals surface area (Å²) >= 11 is 0. The van der Waals surface area contributed by atoms with Crippen LogP contribution in [0.1, 0.15) is 53.3 Å². The lowest BCUT2D eigenvalue weighted by Gasteiger charge is -2.30. The summed E-state index contributed by atoms with van der Waals surface area (Å²) in [5.74, 6) is -2.17. The third-order valence-electron chi connectivity index (χ3n) is 5.85. The van der Waals surface area contributed by atoms with Crippen LogP contribution in [0.4, 0.5) is 4.39 Å². The number of aromatic nitrogens is 4. The van der Waals surface area contributed by atoms with E-state index in [0.29, 0.717) is 11.9 Å². The van der Waals surface area contributed by atoms with Crippen LogP contribution >= 0.6 is 0 Å². The molecule has 4 aromatic rings. The fourth-order valence-corrected chi connectivity index (χ4v) is 3.91. The van der Waals surface area contributed by atoms with Crippen molar-refractivity contribution >= 4 is 28.6 Å². The Morgan fingerprint density at radius 2 is 1.82 bits per heavy atom. The van der Waals surface area contributed by atoms with Crippen molar-refractivity contribution in [2.45, 2.75) is 39.8 Å². The molecular weight excluding hydrogens is 493 g/mol. The molecule has 4 N–H and O–H groups in total. The molecule has 0 aliphatic heterocycles. The summed E-state index contributed by atoms with van der Waals surface area (Å²) in [6.07, 6.45) is 0.200. The van der Waals surface area contributed by atoms with E-state index in [-0.39, 0.29) is 36.2 Å². The lowest BCUT2D eigenvalue weighted by molar-refractivity contribution is -0.125. The van der Waals surface area contributed by atoms with E-state index in [4.69, 9.17) is 10.3 Å². The van der Waals surface area contributed by atoms with Crippen molar-refractivity contribution in [2.75, 3.05) is 6.54 Å². The number of hydrogen-bond donors (Lipinski definition) is 3. The Kier molecular flexibility index (Phi) is 7.51. The minimum absolute atomic E-state index is 0.147. The number of para-hydroxylation sites is 1. The zero-order valence-electron chi connectivity index (χ0n) is 21.2. The average Bonchev–Trinajstić information content (AvgIpc) is 3.49. The van der Waals surface area contributed by atoms with Crippen molar-refractivity contribution in [3.8, 4) is 0 Å². The van der Waals surface area contributed by atoms with E-state index in [9.17, 15) is 18.8 Å². The van der Waals surface area contributed by atoms with Crippen LogP contribution in [-0.4, -0.2) is 50.2 Å². The first kappa shape index (κ1) is 26.5. The molecular formula is C26H28FN7O4. The molecule has 0 aliphatic rings. The Bertz CT molecular complexity index is 1470. The minimum Gasteiger partial charge on any atom is -0.361 e. The normalized spacial score (nSPS) is 12.3. The molecule has 1 atom stereocenters. The Hall–Kier alpha value is -4.61. The highest BCUT2D eigenvalue weighted by Crippen LogP contribution is 2.23. The third kappa shape index (κ3) is 6.02. The van der Waals surface area contributed by atoms with Crippen LogP contribution in [0.15, 0.2) is 53.1 Å². The summed E-state index contributed by atoms with van der Waals surface area (Å²) in [7, 11) is 0. The fourth-order valence-electron chi connectivity index (χ4n) is 3.91. The van der Waals surface area contributed by atoms with Gasteiger partial charge in [0.25, 0.3) is 5.91 Å². The molecule has 3 amide bonds. The predicted octanol–water partition coefficient (Wildman–Crippen LogP) is 2.21. The summed E-state index contributed by atoms with van der Waals surface area (Å²) in [5.41, 5.74) is 6.20. The molecule has 0 bridgehead atoms. The Morgan fingerprint density at radius 3 is 2.47 bits per heavy atom. The van der Waals surface area contributed by atoms with E-state index in [1.54, 1.807) is 28.9 Å². The molecule has 12 heteroatoms.